The van der Waals surface area contributed by atoms with Crippen molar-refractivity contribution in [2.45, 2.75) is 45.4 Å². The second kappa shape index (κ2) is 6.28. The highest BCUT2D eigenvalue weighted by molar-refractivity contribution is 5.88. The molecule has 0 radical (unpaired) electrons. The van der Waals surface area contributed by atoms with Crippen LogP contribution in [0.1, 0.15) is 65.9 Å². The van der Waals surface area contributed by atoms with Gasteiger partial charge in [-0.1, -0.05) is 76.3 Å². The Kier molecular flexibility index (Phi) is 4.39. The Bertz CT molecular complexity index is 910. The largest absolute Gasteiger partial charge is 0.478 e. The topological polar surface area (TPSA) is 37.3 Å². The third kappa shape index (κ3) is 3.37. The number of benzene rings is 2. The second-order valence-electron chi connectivity index (χ2n) is 8.29. The van der Waals surface area contributed by atoms with Gasteiger partial charge in [0, 0.05) is 10.8 Å². The van der Waals surface area contributed by atoms with Crippen LogP contribution in [0.4, 0.5) is 0 Å². The molecule has 2 aromatic carbocycles. The van der Waals surface area contributed by atoms with Crippen molar-refractivity contribution in [2.75, 3.05) is 0 Å². The fraction of sp³-hybridized carbons (Fsp3) is 0.292. The van der Waals surface area contributed by atoms with Gasteiger partial charge in [0.25, 0.3) is 0 Å². The predicted octanol–water partition coefficient (Wildman–Crippen LogP) is 5.99. The second-order valence-corrected chi connectivity index (χ2v) is 8.29. The van der Waals surface area contributed by atoms with E-state index in [1.807, 2.05) is 18.2 Å². The van der Waals surface area contributed by atoms with Crippen molar-refractivity contribution in [3.63, 3.8) is 0 Å². The highest BCUT2D eigenvalue weighted by Crippen LogP contribution is 2.42. The van der Waals surface area contributed by atoms with Crippen molar-refractivity contribution in [3.8, 4) is 0 Å². The van der Waals surface area contributed by atoms with Crippen LogP contribution in [-0.4, -0.2) is 11.1 Å². The lowest BCUT2D eigenvalue weighted by Gasteiger charge is -2.37. The van der Waals surface area contributed by atoms with Gasteiger partial charge < -0.3 is 5.11 Å². The summed E-state index contributed by atoms with van der Waals surface area (Å²) in [6, 6.07) is 11.6. The smallest absolute Gasteiger partial charge is 0.335 e. The maximum Gasteiger partial charge on any atom is 0.335 e. The Labute approximate surface area is 155 Å². The Balaban J connectivity index is 1.98. The highest BCUT2D eigenvalue weighted by atomic mass is 16.4. The van der Waals surface area contributed by atoms with Gasteiger partial charge in [0.15, 0.2) is 0 Å². The van der Waals surface area contributed by atoms with Crippen LogP contribution in [0.5, 0.6) is 0 Å². The SMILES string of the molecule is Cc1cc2c(cc1C=Cc1ccc(C(=O)O)cc1)C(C)(C)C=CC2(C)C. The molecule has 2 aromatic rings. The number of allylic oxidation sites excluding steroid dienone is 2. The summed E-state index contributed by atoms with van der Waals surface area (Å²) in [5.41, 5.74) is 6.58. The summed E-state index contributed by atoms with van der Waals surface area (Å²) < 4.78 is 0. The third-order valence-electron chi connectivity index (χ3n) is 5.32. The molecule has 134 valence electrons. The minimum Gasteiger partial charge on any atom is -0.478 e. The molecule has 2 nitrogen and oxygen atoms in total. The predicted molar refractivity (Wildman–Crippen MR) is 109 cm³/mol. The normalized spacial score (nSPS) is 17.3. The van der Waals surface area contributed by atoms with Crippen LogP contribution in [0.15, 0.2) is 48.6 Å². The van der Waals surface area contributed by atoms with Gasteiger partial charge in [0.2, 0.25) is 0 Å². The first-order valence-corrected chi connectivity index (χ1v) is 8.98. The monoisotopic (exact) mass is 346 g/mol. The fourth-order valence-corrected chi connectivity index (χ4v) is 3.49. The molecule has 0 fully saturated rings. The number of carbonyl (C=O) groups is 1. The summed E-state index contributed by atoms with van der Waals surface area (Å²) >= 11 is 0. The number of hydrogen-bond donors (Lipinski definition) is 1. The van der Waals surface area contributed by atoms with Gasteiger partial charge in [-0.3, -0.25) is 0 Å². The van der Waals surface area contributed by atoms with Crippen LogP contribution < -0.4 is 0 Å². The van der Waals surface area contributed by atoms with Crippen molar-refractivity contribution in [3.05, 3.63) is 81.9 Å². The molecule has 0 aliphatic heterocycles. The molecule has 26 heavy (non-hydrogen) atoms. The van der Waals surface area contributed by atoms with Crippen LogP contribution in [-0.2, 0) is 10.8 Å². The maximum absolute atomic E-state index is 11.0. The Morgan fingerprint density at radius 1 is 0.885 bits per heavy atom. The lowest BCUT2D eigenvalue weighted by molar-refractivity contribution is 0.0697. The van der Waals surface area contributed by atoms with Crippen molar-refractivity contribution in [1.29, 1.82) is 0 Å². The summed E-state index contributed by atoms with van der Waals surface area (Å²) in [6.45, 7) is 11.2. The summed E-state index contributed by atoms with van der Waals surface area (Å²) in [5, 5.41) is 9.00. The number of carboxylic acid groups (broad SMARTS) is 1. The van der Waals surface area contributed by atoms with Gasteiger partial charge in [-0.25, -0.2) is 4.79 Å². The summed E-state index contributed by atoms with van der Waals surface area (Å²) in [6.07, 6.45) is 8.78. The van der Waals surface area contributed by atoms with E-state index in [0.717, 1.165) is 5.56 Å². The number of rotatable bonds is 3. The van der Waals surface area contributed by atoms with Gasteiger partial charge in [-0.2, -0.15) is 0 Å². The molecule has 0 amide bonds. The van der Waals surface area contributed by atoms with Gasteiger partial charge in [0.1, 0.15) is 0 Å². The number of carboxylic acids is 1. The Hall–Kier alpha value is -2.61. The lowest BCUT2D eigenvalue weighted by Crippen LogP contribution is -2.29. The van der Waals surface area contributed by atoms with Crippen molar-refractivity contribution in [2.24, 2.45) is 0 Å². The zero-order valence-corrected chi connectivity index (χ0v) is 16.1. The van der Waals surface area contributed by atoms with E-state index in [1.165, 1.54) is 22.3 Å². The summed E-state index contributed by atoms with van der Waals surface area (Å²) in [7, 11) is 0. The Morgan fingerprint density at radius 2 is 1.42 bits per heavy atom. The first-order chi connectivity index (χ1) is 12.1. The number of aryl methyl sites for hydroxylation is 1. The fourth-order valence-electron chi connectivity index (χ4n) is 3.49. The molecule has 0 spiro atoms. The van der Waals surface area contributed by atoms with Crippen molar-refractivity contribution >= 4 is 18.1 Å². The third-order valence-corrected chi connectivity index (χ3v) is 5.32. The zero-order chi connectivity index (χ0) is 19.1. The quantitative estimate of drug-likeness (QED) is 0.547. The maximum atomic E-state index is 11.0. The molecule has 0 bridgehead atoms. The van der Waals surface area contributed by atoms with Crippen LogP contribution in [0.25, 0.3) is 12.2 Å². The minimum absolute atomic E-state index is 0.0181. The van der Waals surface area contributed by atoms with Crippen molar-refractivity contribution < 1.29 is 9.90 Å². The first kappa shape index (κ1) is 18.2. The van der Waals surface area contributed by atoms with Crippen LogP contribution in [0.3, 0.4) is 0 Å². The standard InChI is InChI=1S/C24H26O2/c1-16-14-20-21(24(4,5)13-12-23(20,2)3)15-19(16)11-8-17-6-9-18(10-7-17)22(25)26/h6-15H,1-5H3,(H,25,26). The van der Waals surface area contributed by atoms with Crippen LogP contribution >= 0.6 is 0 Å². The molecular formula is C24H26O2. The van der Waals surface area contributed by atoms with E-state index >= 15 is 0 Å². The lowest BCUT2D eigenvalue weighted by atomic mass is 9.67. The average molecular weight is 346 g/mol. The van der Waals surface area contributed by atoms with Gasteiger partial charge >= 0.3 is 5.97 Å². The molecule has 0 unspecified atom stereocenters. The number of hydrogen-bond acceptors (Lipinski definition) is 1. The molecule has 0 heterocycles. The van der Waals surface area contributed by atoms with Gasteiger partial charge in [-0.15, -0.1) is 0 Å². The molecule has 0 saturated heterocycles. The van der Waals surface area contributed by atoms with Crippen molar-refractivity contribution in [1.82, 2.24) is 0 Å². The van der Waals surface area contributed by atoms with Gasteiger partial charge in [0.05, 0.1) is 5.56 Å². The van der Waals surface area contributed by atoms with Gasteiger partial charge in [-0.05, 0) is 46.9 Å². The highest BCUT2D eigenvalue weighted by Gasteiger charge is 2.32. The molecule has 3 rings (SSSR count). The summed E-state index contributed by atoms with van der Waals surface area (Å²) in [5.74, 6) is -0.899. The molecular weight excluding hydrogens is 320 g/mol. The first-order valence-electron chi connectivity index (χ1n) is 8.98. The van der Waals surface area contributed by atoms with E-state index in [1.54, 1.807) is 12.1 Å². The molecule has 1 aliphatic rings. The number of fused-ring (bicyclic) bond motifs is 1. The molecule has 1 N–H and O–H groups in total. The Morgan fingerprint density at radius 3 is 1.96 bits per heavy atom. The minimum atomic E-state index is -0.899. The molecule has 0 aromatic heterocycles. The van der Waals surface area contributed by atoms with E-state index in [-0.39, 0.29) is 10.8 Å². The molecule has 0 atom stereocenters. The van der Waals surface area contributed by atoms with Crippen LogP contribution in [0.2, 0.25) is 0 Å². The zero-order valence-electron chi connectivity index (χ0n) is 16.1. The van der Waals surface area contributed by atoms with E-state index in [4.69, 9.17) is 5.11 Å². The molecule has 2 heteroatoms. The average Bonchev–Trinajstić information content (AvgIpc) is 2.58. The molecule has 0 saturated carbocycles. The number of aromatic carboxylic acids is 1. The van der Waals surface area contributed by atoms with E-state index in [0.29, 0.717) is 5.56 Å². The van der Waals surface area contributed by atoms with E-state index in [9.17, 15) is 4.79 Å². The van der Waals surface area contributed by atoms with E-state index < -0.39 is 5.97 Å². The molecule has 1 aliphatic carbocycles. The van der Waals surface area contributed by atoms with Crippen LogP contribution in [0, 0.1) is 6.92 Å². The van der Waals surface area contributed by atoms with E-state index in [2.05, 4.69) is 65.0 Å². The summed E-state index contributed by atoms with van der Waals surface area (Å²) in [4.78, 5) is 11.0.